The topological polar surface area (TPSA) is 78.5 Å². The minimum atomic E-state index is -0.393. The van der Waals surface area contributed by atoms with Crippen molar-refractivity contribution in [3.05, 3.63) is 82.0 Å². The van der Waals surface area contributed by atoms with E-state index in [1.54, 1.807) is 40.5 Å². The summed E-state index contributed by atoms with van der Waals surface area (Å²) in [5.41, 5.74) is 3.13. The summed E-state index contributed by atoms with van der Waals surface area (Å²) < 4.78 is 0. The lowest BCUT2D eigenvalue weighted by Crippen LogP contribution is -2.46. The first kappa shape index (κ1) is 22.3. The van der Waals surface area contributed by atoms with E-state index in [0.29, 0.717) is 30.1 Å². The van der Waals surface area contributed by atoms with Gasteiger partial charge in [-0.1, -0.05) is 23.8 Å². The van der Waals surface area contributed by atoms with Crippen molar-refractivity contribution in [1.82, 2.24) is 5.32 Å². The number of nitrogens with one attached hydrogen (secondary N) is 2. The Bertz CT molecular complexity index is 1180. The van der Waals surface area contributed by atoms with Crippen LogP contribution in [0.25, 0.3) is 0 Å². The Hall–Kier alpha value is -3.45. The van der Waals surface area contributed by atoms with E-state index in [1.165, 1.54) is 0 Å². The summed E-state index contributed by atoms with van der Waals surface area (Å²) in [6, 6.07) is 18.7. The molecule has 1 aliphatic carbocycles. The number of benzene rings is 2. The fraction of sp³-hybridized carbons (Fsp3) is 0.296. The normalized spacial score (nSPS) is 20.1. The van der Waals surface area contributed by atoms with E-state index in [2.05, 4.69) is 10.6 Å². The number of thiophene rings is 1. The predicted octanol–water partition coefficient (Wildman–Crippen LogP) is 5.07. The molecule has 0 bridgehead atoms. The molecule has 6 nitrogen and oxygen atoms in total. The zero-order chi connectivity index (χ0) is 23.7. The summed E-state index contributed by atoms with van der Waals surface area (Å²) in [5, 5.41) is 7.96. The van der Waals surface area contributed by atoms with Crippen molar-refractivity contribution in [2.24, 2.45) is 5.92 Å². The van der Waals surface area contributed by atoms with Gasteiger partial charge in [-0.05, 0) is 74.0 Å². The molecule has 3 aromatic rings. The third-order valence-corrected chi connectivity index (χ3v) is 7.35. The number of amides is 3. The number of hydrogen-bond donors (Lipinski definition) is 2. The summed E-state index contributed by atoms with van der Waals surface area (Å²) in [4.78, 5) is 41.5. The van der Waals surface area contributed by atoms with Gasteiger partial charge in [-0.2, -0.15) is 0 Å². The van der Waals surface area contributed by atoms with E-state index in [1.807, 2.05) is 48.7 Å². The van der Waals surface area contributed by atoms with Crippen LogP contribution in [0.5, 0.6) is 0 Å². The first-order chi connectivity index (χ1) is 16.5. The molecule has 0 spiro atoms. The lowest BCUT2D eigenvalue weighted by Gasteiger charge is -2.40. The van der Waals surface area contributed by atoms with Crippen molar-refractivity contribution in [3.63, 3.8) is 0 Å². The number of anilines is 2. The van der Waals surface area contributed by atoms with Crippen LogP contribution in [0.4, 0.5) is 11.4 Å². The second kappa shape index (κ2) is 9.43. The van der Waals surface area contributed by atoms with Gasteiger partial charge in [0, 0.05) is 34.3 Å². The molecule has 1 aliphatic heterocycles. The zero-order valence-corrected chi connectivity index (χ0v) is 19.8. The molecule has 2 heterocycles. The van der Waals surface area contributed by atoms with Gasteiger partial charge < -0.3 is 15.5 Å². The highest BCUT2D eigenvalue weighted by atomic mass is 32.1. The van der Waals surface area contributed by atoms with Gasteiger partial charge in [-0.25, -0.2) is 0 Å². The first-order valence-electron chi connectivity index (χ1n) is 11.6. The maximum atomic E-state index is 13.5. The average Bonchev–Trinajstić information content (AvgIpc) is 3.48. The summed E-state index contributed by atoms with van der Waals surface area (Å²) in [7, 11) is 0. The SMILES string of the molecule is Cc1ccc(N2C(=O)CC[C@H](C(=O)Nc3ccc(C(=O)NC4CC4)cc3)[C@@H]2c2cccs2)cc1. The Morgan fingerprint density at radius 1 is 0.971 bits per heavy atom. The van der Waals surface area contributed by atoms with Crippen molar-refractivity contribution in [3.8, 4) is 0 Å². The minimum Gasteiger partial charge on any atom is -0.349 e. The van der Waals surface area contributed by atoms with Gasteiger partial charge in [0.05, 0.1) is 12.0 Å². The quantitative estimate of drug-likeness (QED) is 0.525. The number of rotatable bonds is 6. The number of carbonyl (C=O) groups is 3. The van der Waals surface area contributed by atoms with Gasteiger partial charge in [0.1, 0.15) is 0 Å². The number of carbonyl (C=O) groups excluding carboxylic acids is 3. The molecule has 2 fully saturated rings. The Balaban J connectivity index is 1.37. The van der Waals surface area contributed by atoms with Gasteiger partial charge in [0.15, 0.2) is 0 Å². The third-order valence-electron chi connectivity index (χ3n) is 6.41. The number of aryl methyl sites for hydroxylation is 1. The molecule has 5 rings (SSSR count). The molecule has 2 N–H and O–H groups in total. The lowest BCUT2D eigenvalue weighted by molar-refractivity contribution is -0.125. The molecule has 174 valence electrons. The molecule has 7 heteroatoms. The second-order valence-corrected chi connectivity index (χ2v) is 10.00. The summed E-state index contributed by atoms with van der Waals surface area (Å²) in [6.07, 6.45) is 2.87. The van der Waals surface area contributed by atoms with Crippen molar-refractivity contribution >= 4 is 40.4 Å². The summed E-state index contributed by atoms with van der Waals surface area (Å²) in [5.74, 6) is -0.580. The minimum absolute atomic E-state index is 0.0253. The smallest absolute Gasteiger partial charge is 0.251 e. The Kier molecular flexibility index (Phi) is 6.20. The van der Waals surface area contributed by atoms with E-state index in [-0.39, 0.29) is 23.8 Å². The molecule has 1 aromatic heterocycles. The number of hydrogen-bond acceptors (Lipinski definition) is 4. The van der Waals surface area contributed by atoms with Crippen molar-refractivity contribution < 1.29 is 14.4 Å². The lowest BCUT2D eigenvalue weighted by atomic mass is 9.86. The van der Waals surface area contributed by atoms with E-state index < -0.39 is 5.92 Å². The molecule has 2 aliphatic rings. The number of nitrogens with zero attached hydrogens (tertiary/aromatic N) is 1. The predicted molar refractivity (Wildman–Crippen MR) is 134 cm³/mol. The standard InChI is InChI=1S/C27H27N3O3S/c1-17-4-12-21(13-5-17)30-24(31)15-14-22(25(30)23-3-2-16-34-23)27(33)29-19-8-6-18(7-9-19)26(32)28-20-10-11-20/h2-9,12-13,16,20,22,25H,10-11,14-15H2,1H3,(H,28,32)(H,29,33)/t22-,25+/m0/s1. The van der Waals surface area contributed by atoms with Gasteiger partial charge in [-0.15, -0.1) is 11.3 Å². The van der Waals surface area contributed by atoms with Crippen LogP contribution in [0.1, 0.15) is 52.5 Å². The van der Waals surface area contributed by atoms with Crippen LogP contribution < -0.4 is 15.5 Å². The molecule has 2 aromatic carbocycles. The van der Waals surface area contributed by atoms with E-state index in [9.17, 15) is 14.4 Å². The van der Waals surface area contributed by atoms with Gasteiger partial charge in [0.25, 0.3) is 5.91 Å². The molecule has 1 saturated carbocycles. The molecule has 1 saturated heterocycles. The maximum absolute atomic E-state index is 13.5. The third kappa shape index (κ3) is 4.75. The van der Waals surface area contributed by atoms with Crippen molar-refractivity contribution in [2.45, 2.75) is 44.7 Å². The molecular weight excluding hydrogens is 446 g/mol. The van der Waals surface area contributed by atoms with Gasteiger partial charge >= 0.3 is 0 Å². The Morgan fingerprint density at radius 3 is 2.35 bits per heavy atom. The monoisotopic (exact) mass is 473 g/mol. The fourth-order valence-electron chi connectivity index (χ4n) is 4.40. The molecule has 2 atom stereocenters. The van der Waals surface area contributed by atoms with Gasteiger partial charge in [-0.3, -0.25) is 14.4 Å². The van der Waals surface area contributed by atoms with Crippen molar-refractivity contribution in [1.29, 1.82) is 0 Å². The largest absolute Gasteiger partial charge is 0.349 e. The van der Waals surface area contributed by atoms with Crippen LogP contribution in [0.3, 0.4) is 0 Å². The van der Waals surface area contributed by atoms with Crippen LogP contribution in [-0.2, 0) is 9.59 Å². The van der Waals surface area contributed by atoms with E-state index in [0.717, 1.165) is 29.0 Å². The molecular formula is C27H27N3O3S. The number of piperidine rings is 1. The highest BCUT2D eigenvalue weighted by Gasteiger charge is 2.42. The maximum Gasteiger partial charge on any atom is 0.251 e. The van der Waals surface area contributed by atoms with Crippen LogP contribution >= 0.6 is 11.3 Å². The van der Waals surface area contributed by atoms with Crippen LogP contribution in [0, 0.1) is 12.8 Å². The highest BCUT2D eigenvalue weighted by Crippen LogP contribution is 2.42. The van der Waals surface area contributed by atoms with Crippen LogP contribution in [0.2, 0.25) is 0 Å². The fourth-order valence-corrected chi connectivity index (χ4v) is 5.28. The molecule has 0 radical (unpaired) electrons. The molecule has 3 amide bonds. The Labute approximate surface area is 203 Å². The zero-order valence-electron chi connectivity index (χ0n) is 19.0. The summed E-state index contributed by atoms with van der Waals surface area (Å²) >= 11 is 1.56. The molecule has 0 unspecified atom stereocenters. The van der Waals surface area contributed by atoms with E-state index >= 15 is 0 Å². The first-order valence-corrected chi connectivity index (χ1v) is 12.5. The average molecular weight is 474 g/mol. The second-order valence-electron chi connectivity index (χ2n) is 9.02. The van der Waals surface area contributed by atoms with Gasteiger partial charge in [0.2, 0.25) is 11.8 Å². The Morgan fingerprint density at radius 2 is 1.71 bits per heavy atom. The molecule has 34 heavy (non-hydrogen) atoms. The highest BCUT2D eigenvalue weighted by molar-refractivity contribution is 7.10. The van der Waals surface area contributed by atoms with E-state index in [4.69, 9.17) is 0 Å². The summed E-state index contributed by atoms with van der Waals surface area (Å²) in [6.45, 7) is 2.01. The van der Waals surface area contributed by atoms with Crippen LogP contribution in [0.15, 0.2) is 66.0 Å². The van der Waals surface area contributed by atoms with Crippen molar-refractivity contribution in [2.75, 3.05) is 10.2 Å². The van der Waals surface area contributed by atoms with Crippen LogP contribution in [-0.4, -0.2) is 23.8 Å².